The van der Waals surface area contributed by atoms with Gasteiger partial charge in [0, 0.05) is 54.1 Å². The first-order valence-electron chi connectivity index (χ1n) is 10.5. The minimum absolute atomic E-state index is 0.367. The number of nitrogens with zero attached hydrogens (tertiary/aromatic N) is 4. The molecule has 6 rings (SSSR count). The van der Waals surface area contributed by atoms with E-state index in [0.717, 1.165) is 42.0 Å². The van der Waals surface area contributed by atoms with Crippen LogP contribution in [-0.2, 0) is 4.74 Å². The highest BCUT2D eigenvalue weighted by Crippen LogP contribution is 2.59. The first-order chi connectivity index (χ1) is 13.6. The van der Waals surface area contributed by atoms with Gasteiger partial charge in [-0.1, -0.05) is 0 Å². The Morgan fingerprint density at radius 3 is 2.64 bits per heavy atom. The molecule has 3 fully saturated rings. The van der Waals surface area contributed by atoms with Crippen LogP contribution in [0.3, 0.4) is 0 Å². The Balaban J connectivity index is 1.31. The average Bonchev–Trinajstić information content (AvgIpc) is 3.05. The van der Waals surface area contributed by atoms with Crippen LogP contribution < -0.4 is 0 Å². The number of hydrogen-bond acceptors (Lipinski definition) is 4. The van der Waals surface area contributed by atoms with E-state index < -0.39 is 0 Å². The summed E-state index contributed by atoms with van der Waals surface area (Å²) < 4.78 is 7.63. The third kappa shape index (κ3) is 2.40. The van der Waals surface area contributed by atoms with E-state index in [2.05, 4.69) is 52.5 Å². The van der Waals surface area contributed by atoms with Crippen LogP contribution in [0.25, 0.3) is 22.3 Å². The topological polar surface area (TPSA) is 59.0 Å². The van der Waals surface area contributed by atoms with Gasteiger partial charge in [0.1, 0.15) is 5.65 Å². The Labute approximate surface area is 164 Å². The fourth-order valence-electron chi connectivity index (χ4n) is 5.22. The van der Waals surface area contributed by atoms with E-state index in [1.54, 1.807) is 0 Å². The van der Waals surface area contributed by atoms with E-state index in [0.29, 0.717) is 18.0 Å². The van der Waals surface area contributed by atoms with Crippen LogP contribution in [0, 0.1) is 18.8 Å². The second-order valence-electron chi connectivity index (χ2n) is 9.08. The zero-order valence-corrected chi connectivity index (χ0v) is 16.7. The number of ether oxygens (including phenoxy) is 1. The second-order valence-corrected chi connectivity index (χ2v) is 9.08. The molecule has 0 radical (unpaired) electrons. The highest BCUT2D eigenvalue weighted by molar-refractivity contribution is 5.83. The lowest BCUT2D eigenvalue weighted by molar-refractivity contribution is -0.0610. The average molecular weight is 377 g/mol. The molecule has 28 heavy (non-hydrogen) atoms. The summed E-state index contributed by atoms with van der Waals surface area (Å²) in [4.78, 5) is 10.5. The lowest BCUT2D eigenvalue weighted by Crippen LogP contribution is -2.48. The van der Waals surface area contributed by atoms with Crippen molar-refractivity contribution < 1.29 is 4.74 Å². The summed E-state index contributed by atoms with van der Waals surface area (Å²) in [6.07, 6.45) is 3.96. The third-order valence-electron chi connectivity index (χ3n) is 6.99. The molecule has 2 saturated heterocycles. The van der Waals surface area contributed by atoms with Gasteiger partial charge in [-0.3, -0.25) is 9.58 Å². The Bertz CT molecular complexity index is 1030. The number of pyridine rings is 1. The van der Waals surface area contributed by atoms with Crippen molar-refractivity contribution in [1.29, 1.82) is 0 Å². The zero-order valence-electron chi connectivity index (χ0n) is 16.7. The number of fused-ring (bicyclic) bond motifs is 2. The fraction of sp³-hybridized carbons (Fsp3) is 0.545. The van der Waals surface area contributed by atoms with E-state index in [1.807, 2.05) is 12.4 Å². The van der Waals surface area contributed by atoms with Crippen LogP contribution in [0.2, 0.25) is 0 Å². The summed E-state index contributed by atoms with van der Waals surface area (Å²) in [6, 6.07) is 5.58. The van der Waals surface area contributed by atoms with Crippen molar-refractivity contribution in [2.75, 3.05) is 26.3 Å². The summed E-state index contributed by atoms with van der Waals surface area (Å²) in [5, 5.41) is 6.18. The van der Waals surface area contributed by atoms with Gasteiger partial charge in [0.15, 0.2) is 0 Å². The van der Waals surface area contributed by atoms with E-state index in [-0.39, 0.29) is 0 Å². The largest absolute Gasteiger partial charge is 0.378 e. The van der Waals surface area contributed by atoms with Crippen LogP contribution in [-0.4, -0.2) is 57.0 Å². The molecule has 0 amide bonds. The van der Waals surface area contributed by atoms with Crippen molar-refractivity contribution in [3.8, 4) is 11.3 Å². The lowest BCUT2D eigenvalue weighted by Gasteiger charge is -2.35. The quantitative estimate of drug-likeness (QED) is 0.757. The molecule has 6 nitrogen and oxygen atoms in total. The van der Waals surface area contributed by atoms with Crippen molar-refractivity contribution in [1.82, 2.24) is 24.6 Å². The number of nitrogens with one attached hydrogen (secondary N) is 1. The molecule has 5 heterocycles. The van der Waals surface area contributed by atoms with Gasteiger partial charge in [0.2, 0.25) is 0 Å². The third-order valence-corrected chi connectivity index (χ3v) is 6.99. The molecular weight excluding hydrogens is 350 g/mol. The number of piperidine rings is 1. The molecule has 0 spiro atoms. The molecule has 3 atom stereocenters. The van der Waals surface area contributed by atoms with E-state index >= 15 is 0 Å². The lowest BCUT2D eigenvalue weighted by atomic mass is 10.1. The smallest absolute Gasteiger partial charge is 0.137 e. The standard InChI is InChI=1S/C22H27N5O/c1-12(2)27-20(21-17-8-26(9-18(17)21)15-10-28-11-15)5-19(25-27)14-4-16-13(3)6-23-22(16)24-7-14/h4-7,12,15,17-18,21H,8-11H2,1-3H3,(H,23,24)/t17-,18+,21?. The van der Waals surface area contributed by atoms with Crippen LogP contribution in [0.15, 0.2) is 24.5 Å². The van der Waals surface area contributed by atoms with Crippen LogP contribution >= 0.6 is 0 Å². The maximum atomic E-state index is 5.38. The van der Waals surface area contributed by atoms with E-state index in [9.17, 15) is 0 Å². The summed E-state index contributed by atoms with van der Waals surface area (Å²) in [6.45, 7) is 10.9. The Morgan fingerprint density at radius 1 is 1.18 bits per heavy atom. The molecule has 2 aliphatic heterocycles. The van der Waals surface area contributed by atoms with Gasteiger partial charge in [-0.2, -0.15) is 5.10 Å². The normalized spacial score (nSPS) is 27.5. The molecule has 3 aliphatic rings. The van der Waals surface area contributed by atoms with Crippen LogP contribution in [0.1, 0.15) is 37.1 Å². The van der Waals surface area contributed by atoms with Gasteiger partial charge in [0.25, 0.3) is 0 Å². The van der Waals surface area contributed by atoms with Gasteiger partial charge in [-0.05, 0) is 50.3 Å². The van der Waals surface area contributed by atoms with Gasteiger partial charge >= 0.3 is 0 Å². The number of rotatable bonds is 4. The Morgan fingerprint density at radius 2 is 1.96 bits per heavy atom. The summed E-state index contributed by atoms with van der Waals surface area (Å²) in [5.74, 6) is 2.23. The van der Waals surface area contributed by atoms with Gasteiger partial charge < -0.3 is 9.72 Å². The van der Waals surface area contributed by atoms with E-state index in [1.165, 1.54) is 29.7 Å². The molecule has 0 aromatic carbocycles. The van der Waals surface area contributed by atoms with Crippen LogP contribution in [0.5, 0.6) is 0 Å². The maximum Gasteiger partial charge on any atom is 0.137 e. The van der Waals surface area contributed by atoms with Gasteiger partial charge in [-0.25, -0.2) is 4.98 Å². The molecule has 0 bridgehead atoms. The second kappa shape index (κ2) is 5.91. The summed E-state index contributed by atoms with van der Waals surface area (Å²) in [5.41, 5.74) is 5.74. The zero-order chi connectivity index (χ0) is 19.0. The Kier molecular flexibility index (Phi) is 3.53. The van der Waals surface area contributed by atoms with Gasteiger partial charge in [-0.15, -0.1) is 0 Å². The van der Waals surface area contributed by atoms with Crippen molar-refractivity contribution in [2.24, 2.45) is 11.8 Å². The number of aromatic amines is 1. The monoisotopic (exact) mass is 377 g/mol. The molecule has 146 valence electrons. The first kappa shape index (κ1) is 16.7. The first-order valence-corrected chi connectivity index (χ1v) is 10.5. The predicted octanol–water partition coefficient (Wildman–Crippen LogP) is 3.36. The number of aromatic nitrogens is 4. The number of aryl methyl sites for hydroxylation is 1. The maximum absolute atomic E-state index is 5.38. The van der Waals surface area contributed by atoms with Gasteiger partial charge in [0.05, 0.1) is 24.9 Å². The van der Waals surface area contributed by atoms with Crippen LogP contribution in [0.4, 0.5) is 0 Å². The number of hydrogen-bond donors (Lipinski definition) is 1. The highest BCUT2D eigenvalue weighted by atomic mass is 16.5. The van der Waals surface area contributed by atoms with Crippen molar-refractivity contribution in [3.05, 3.63) is 35.8 Å². The number of likely N-dealkylation sites (tertiary alicyclic amines) is 1. The summed E-state index contributed by atoms with van der Waals surface area (Å²) >= 11 is 0. The molecule has 1 unspecified atom stereocenters. The molecular formula is C22H27N5O. The number of H-pyrrole nitrogens is 1. The SMILES string of the molecule is Cc1c[nH]c2ncc(-c3cc(C4[C@H]5CN(C6COC6)C[C@@H]45)n(C(C)C)n3)cc12. The minimum Gasteiger partial charge on any atom is -0.378 e. The van der Waals surface area contributed by atoms with Crippen molar-refractivity contribution in [2.45, 2.75) is 38.8 Å². The molecule has 1 aliphatic carbocycles. The predicted molar refractivity (Wildman–Crippen MR) is 108 cm³/mol. The van der Waals surface area contributed by atoms with Crippen molar-refractivity contribution in [3.63, 3.8) is 0 Å². The Hall–Kier alpha value is -2.18. The molecule has 3 aromatic rings. The molecule has 3 aromatic heterocycles. The fourth-order valence-corrected chi connectivity index (χ4v) is 5.22. The minimum atomic E-state index is 0.367. The van der Waals surface area contributed by atoms with E-state index in [4.69, 9.17) is 9.84 Å². The summed E-state index contributed by atoms with van der Waals surface area (Å²) in [7, 11) is 0. The molecule has 1 saturated carbocycles. The molecule has 1 N–H and O–H groups in total. The molecule has 6 heteroatoms. The van der Waals surface area contributed by atoms with Crippen molar-refractivity contribution >= 4 is 11.0 Å². The highest BCUT2D eigenvalue weighted by Gasteiger charge is 2.58.